The maximum atomic E-state index is 6.37. The number of hydrogen-bond donors (Lipinski definition) is 1. The lowest BCUT2D eigenvalue weighted by atomic mass is 10.1. The molecule has 30 heavy (non-hydrogen) atoms. The fourth-order valence-corrected chi connectivity index (χ4v) is 3.05. The van der Waals surface area contributed by atoms with Crippen molar-refractivity contribution in [1.29, 1.82) is 0 Å². The van der Waals surface area contributed by atoms with Crippen molar-refractivity contribution in [2.45, 2.75) is 26.7 Å². The number of aromatic nitrogens is 4. The average Bonchev–Trinajstić information content (AvgIpc) is 2.76. The third-order valence-corrected chi connectivity index (χ3v) is 4.68. The zero-order valence-electron chi connectivity index (χ0n) is 17.4. The summed E-state index contributed by atoms with van der Waals surface area (Å²) in [6.45, 7) is 4.57. The van der Waals surface area contributed by atoms with Gasteiger partial charge in [0.2, 0.25) is 11.8 Å². The van der Waals surface area contributed by atoms with E-state index in [-0.39, 0.29) is 6.01 Å². The summed E-state index contributed by atoms with van der Waals surface area (Å²) in [5, 5.41) is 3.88. The van der Waals surface area contributed by atoms with Crippen LogP contribution in [0.25, 0.3) is 0 Å². The van der Waals surface area contributed by atoms with Crippen molar-refractivity contribution >= 4 is 17.4 Å². The number of ether oxygens (including phenoxy) is 3. The molecular formula is C21H24ClN5O3. The van der Waals surface area contributed by atoms with Crippen molar-refractivity contribution < 1.29 is 14.2 Å². The van der Waals surface area contributed by atoms with Crippen molar-refractivity contribution in [3.8, 4) is 23.5 Å². The number of hydrogen-bond acceptors (Lipinski definition) is 8. The molecule has 0 aliphatic carbocycles. The summed E-state index contributed by atoms with van der Waals surface area (Å²) in [6, 6.07) is 9.43. The highest BCUT2D eigenvalue weighted by atomic mass is 35.5. The number of methoxy groups -OCH3 is 2. The van der Waals surface area contributed by atoms with Crippen LogP contribution in [0.2, 0.25) is 5.02 Å². The Bertz CT molecular complexity index is 976. The highest BCUT2D eigenvalue weighted by Gasteiger charge is 2.10. The van der Waals surface area contributed by atoms with E-state index in [1.807, 2.05) is 38.1 Å². The van der Waals surface area contributed by atoms with Gasteiger partial charge in [-0.1, -0.05) is 30.7 Å². The summed E-state index contributed by atoms with van der Waals surface area (Å²) in [6.07, 6.45) is 1.56. The quantitative estimate of drug-likeness (QED) is 0.539. The van der Waals surface area contributed by atoms with Crippen molar-refractivity contribution in [3.05, 3.63) is 52.4 Å². The number of aryl methyl sites for hydroxylation is 2. The first-order valence-electron chi connectivity index (χ1n) is 9.53. The molecule has 0 saturated carbocycles. The summed E-state index contributed by atoms with van der Waals surface area (Å²) in [4.78, 5) is 17.1. The topological polar surface area (TPSA) is 91.3 Å². The van der Waals surface area contributed by atoms with Crippen molar-refractivity contribution in [2.24, 2.45) is 0 Å². The first kappa shape index (κ1) is 21.6. The molecular weight excluding hydrogens is 406 g/mol. The first-order valence-corrected chi connectivity index (χ1v) is 9.91. The second-order valence-corrected chi connectivity index (χ2v) is 6.77. The fraction of sp³-hybridized carbons (Fsp3) is 0.333. The van der Waals surface area contributed by atoms with Crippen LogP contribution in [0.4, 0.5) is 5.82 Å². The van der Waals surface area contributed by atoms with Crippen LogP contribution in [0.15, 0.2) is 30.3 Å². The number of benzene rings is 1. The molecule has 0 amide bonds. The van der Waals surface area contributed by atoms with Gasteiger partial charge in [-0.15, -0.1) is 0 Å². The van der Waals surface area contributed by atoms with Gasteiger partial charge in [0, 0.05) is 6.54 Å². The molecule has 0 bridgehead atoms. The summed E-state index contributed by atoms with van der Waals surface area (Å²) < 4.78 is 16.0. The third-order valence-electron chi connectivity index (χ3n) is 4.28. The lowest BCUT2D eigenvalue weighted by Gasteiger charge is -2.11. The van der Waals surface area contributed by atoms with E-state index in [0.717, 1.165) is 24.1 Å². The van der Waals surface area contributed by atoms with Crippen LogP contribution < -0.4 is 19.5 Å². The molecule has 2 aromatic heterocycles. The van der Waals surface area contributed by atoms with Crippen LogP contribution >= 0.6 is 11.6 Å². The smallest absolute Gasteiger partial charge is 0.328 e. The molecule has 1 N–H and O–H groups in total. The zero-order chi connectivity index (χ0) is 21.5. The molecule has 9 heteroatoms. The molecule has 0 unspecified atom stereocenters. The van der Waals surface area contributed by atoms with Gasteiger partial charge in [-0.3, -0.25) is 0 Å². The number of rotatable bonds is 9. The van der Waals surface area contributed by atoms with Crippen LogP contribution in [0.5, 0.6) is 23.5 Å². The Balaban J connectivity index is 1.60. The van der Waals surface area contributed by atoms with Gasteiger partial charge in [0.15, 0.2) is 0 Å². The number of nitrogens with zero attached hydrogens (tertiary/aromatic N) is 4. The Morgan fingerprint density at radius 2 is 1.63 bits per heavy atom. The van der Waals surface area contributed by atoms with E-state index in [1.54, 1.807) is 6.07 Å². The van der Waals surface area contributed by atoms with E-state index in [2.05, 4.69) is 25.3 Å². The Labute approximate surface area is 180 Å². The van der Waals surface area contributed by atoms with Gasteiger partial charge < -0.3 is 19.5 Å². The van der Waals surface area contributed by atoms with Crippen LogP contribution in [0.3, 0.4) is 0 Å². The Morgan fingerprint density at radius 3 is 2.23 bits per heavy atom. The molecule has 8 nitrogen and oxygen atoms in total. The lowest BCUT2D eigenvalue weighted by Crippen LogP contribution is -2.09. The van der Waals surface area contributed by atoms with Gasteiger partial charge in [0.05, 0.1) is 26.0 Å². The van der Waals surface area contributed by atoms with Crippen LogP contribution in [-0.4, -0.2) is 40.7 Å². The van der Waals surface area contributed by atoms with Gasteiger partial charge >= 0.3 is 6.01 Å². The molecule has 1 aromatic carbocycles. The molecule has 0 aliphatic heterocycles. The van der Waals surface area contributed by atoms with Gasteiger partial charge in [0.25, 0.3) is 0 Å². The Morgan fingerprint density at radius 1 is 0.967 bits per heavy atom. The number of nitrogens with one attached hydrogen (secondary N) is 1. The fourth-order valence-electron chi connectivity index (χ4n) is 2.76. The molecule has 3 rings (SSSR count). The standard InChI is InChI=1S/C21H24ClN5O3/c1-5-16-19(22)20(25-13(2)24-16)23-11-10-14-6-8-15(9-7-14)30-21-26-17(28-3)12-18(27-21)29-4/h6-9,12H,5,10-11H2,1-4H3,(H,23,24,25). The van der Waals surface area contributed by atoms with Crippen LogP contribution in [-0.2, 0) is 12.8 Å². The third kappa shape index (κ3) is 5.48. The number of anilines is 1. The van der Waals surface area contributed by atoms with Gasteiger partial charge in [0.1, 0.15) is 22.4 Å². The van der Waals surface area contributed by atoms with Crippen LogP contribution in [0.1, 0.15) is 24.0 Å². The molecule has 0 atom stereocenters. The Hall–Kier alpha value is -3.13. The minimum atomic E-state index is 0.154. The molecule has 0 saturated heterocycles. The predicted octanol–water partition coefficient (Wildman–Crippen LogP) is 4.25. The van der Waals surface area contributed by atoms with E-state index in [9.17, 15) is 0 Å². The van der Waals surface area contributed by atoms with Gasteiger partial charge in [-0.05, 0) is 37.5 Å². The minimum Gasteiger partial charge on any atom is -0.481 e. The maximum absolute atomic E-state index is 6.37. The monoisotopic (exact) mass is 429 g/mol. The first-order chi connectivity index (χ1) is 14.5. The highest BCUT2D eigenvalue weighted by Crippen LogP contribution is 2.25. The second kappa shape index (κ2) is 10.1. The lowest BCUT2D eigenvalue weighted by molar-refractivity contribution is 0.348. The molecule has 0 aliphatic rings. The molecule has 0 spiro atoms. The molecule has 2 heterocycles. The van der Waals surface area contributed by atoms with E-state index in [4.69, 9.17) is 25.8 Å². The molecule has 158 valence electrons. The predicted molar refractivity (Wildman–Crippen MR) is 115 cm³/mol. The average molecular weight is 430 g/mol. The number of halogens is 1. The summed E-state index contributed by atoms with van der Waals surface area (Å²) in [5.41, 5.74) is 1.99. The Kier molecular flexibility index (Phi) is 7.24. The normalized spacial score (nSPS) is 10.6. The zero-order valence-corrected chi connectivity index (χ0v) is 18.2. The minimum absolute atomic E-state index is 0.154. The molecule has 0 radical (unpaired) electrons. The molecule has 0 fully saturated rings. The van der Waals surface area contributed by atoms with Gasteiger partial charge in [-0.2, -0.15) is 9.97 Å². The summed E-state index contributed by atoms with van der Waals surface area (Å²) in [5.74, 6) is 2.72. The van der Waals surface area contributed by atoms with E-state index >= 15 is 0 Å². The SMILES string of the molecule is CCc1nc(C)nc(NCCc2ccc(Oc3nc(OC)cc(OC)n3)cc2)c1Cl. The van der Waals surface area contributed by atoms with E-state index in [1.165, 1.54) is 14.2 Å². The second-order valence-electron chi connectivity index (χ2n) is 6.39. The van der Waals surface area contributed by atoms with Crippen molar-refractivity contribution in [2.75, 3.05) is 26.1 Å². The summed E-state index contributed by atoms with van der Waals surface area (Å²) in [7, 11) is 3.04. The van der Waals surface area contributed by atoms with Crippen molar-refractivity contribution in [3.63, 3.8) is 0 Å². The van der Waals surface area contributed by atoms with E-state index < -0.39 is 0 Å². The van der Waals surface area contributed by atoms with Gasteiger partial charge in [-0.25, -0.2) is 9.97 Å². The highest BCUT2D eigenvalue weighted by molar-refractivity contribution is 6.33. The molecule has 3 aromatic rings. The van der Waals surface area contributed by atoms with E-state index in [0.29, 0.717) is 40.7 Å². The van der Waals surface area contributed by atoms with Crippen LogP contribution in [0, 0.1) is 6.92 Å². The summed E-state index contributed by atoms with van der Waals surface area (Å²) >= 11 is 6.37. The largest absolute Gasteiger partial charge is 0.481 e. The maximum Gasteiger partial charge on any atom is 0.328 e. The van der Waals surface area contributed by atoms with Crippen molar-refractivity contribution in [1.82, 2.24) is 19.9 Å².